The summed E-state index contributed by atoms with van der Waals surface area (Å²) in [5.41, 5.74) is 5.62. The van der Waals surface area contributed by atoms with Gasteiger partial charge in [-0.15, -0.1) is 5.10 Å². The molecular weight excluding hydrogens is 429 g/mol. The number of ether oxygens (including phenoxy) is 1. The molecule has 1 aromatic heterocycles. The highest BCUT2D eigenvalue weighted by atomic mass is 19.4. The number of benzene rings is 1. The molecule has 2 aromatic rings. The molecule has 1 aliphatic rings. The highest BCUT2D eigenvalue weighted by Gasteiger charge is 2.51. The number of aromatic amines is 1. The number of H-pyrrole nitrogens is 1. The Hall–Kier alpha value is -3.39. The van der Waals surface area contributed by atoms with Crippen molar-refractivity contribution < 1.29 is 17.9 Å². The quantitative estimate of drug-likeness (QED) is 0.446. The summed E-state index contributed by atoms with van der Waals surface area (Å²) in [6, 6.07) is 5.84. The van der Waals surface area contributed by atoms with Gasteiger partial charge in [-0.25, -0.2) is 0 Å². The summed E-state index contributed by atoms with van der Waals surface area (Å²) >= 11 is 0. The van der Waals surface area contributed by atoms with Crippen LogP contribution in [0.15, 0.2) is 29.7 Å². The molecule has 3 N–H and O–H groups in total. The zero-order chi connectivity index (χ0) is 24.4. The van der Waals surface area contributed by atoms with Gasteiger partial charge in [-0.2, -0.15) is 18.4 Å². The number of nitriles is 1. The van der Waals surface area contributed by atoms with Crippen LogP contribution in [0.5, 0.6) is 5.88 Å². The molecule has 1 aliphatic heterocycles. The third-order valence-corrected chi connectivity index (χ3v) is 5.99. The molecule has 33 heavy (non-hydrogen) atoms. The van der Waals surface area contributed by atoms with Crippen LogP contribution in [0, 0.1) is 36.0 Å². The first-order valence-corrected chi connectivity index (χ1v) is 10.9. The molecule has 1 aromatic carbocycles. The summed E-state index contributed by atoms with van der Waals surface area (Å²) < 4.78 is 47.3. The van der Waals surface area contributed by atoms with Gasteiger partial charge in [-0.3, -0.25) is 5.10 Å². The Bertz CT molecular complexity index is 1170. The van der Waals surface area contributed by atoms with Gasteiger partial charge >= 0.3 is 6.18 Å². The second-order valence-electron chi connectivity index (χ2n) is 8.50. The number of aryl methyl sites for hydroxylation is 1. The molecule has 3 rings (SSSR count). The van der Waals surface area contributed by atoms with Crippen LogP contribution in [-0.2, 0) is 11.6 Å². The molecule has 1 atom stereocenters. The van der Waals surface area contributed by atoms with Gasteiger partial charge in [-0.1, -0.05) is 45.5 Å². The summed E-state index contributed by atoms with van der Waals surface area (Å²) in [6.07, 6.45) is -1.06. The number of rotatable bonds is 5. The molecule has 0 fully saturated rings. The Morgan fingerprint density at radius 1 is 1.24 bits per heavy atom. The normalized spacial score (nSPS) is 17.8. The van der Waals surface area contributed by atoms with Crippen molar-refractivity contribution in [1.29, 1.82) is 5.26 Å². The van der Waals surface area contributed by atoms with E-state index in [4.69, 9.17) is 10.5 Å². The van der Waals surface area contributed by atoms with E-state index in [1.54, 1.807) is 13.0 Å². The molecule has 5 nitrogen and oxygen atoms in total. The lowest BCUT2D eigenvalue weighted by molar-refractivity contribution is -0.137. The largest absolute Gasteiger partial charge is 0.420 e. The molecule has 0 aliphatic carbocycles. The lowest BCUT2D eigenvalue weighted by atomic mass is 9.61. The van der Waals surface area contributed by atoms with Crippen molar-refractivity contribution in [3.63, 3.8) is 0 Å². The number of allylic oxidation sites excluding steroid dienone is 1. The molecule has 0 radical (unpaired) electrons. The Balaban J connectivity index is 2.33. The van der Waals surface area contributed by atoms with Crippen molar-refractivity contribution >= 4 is 0 Å². The third kappa shape index (κ3) is 4.30. The van der Waals surface area contributed by atoms with E-state index in [1.807, 2.05) is 13.8 Å². The van der Waals surface area contributed by atoms with E-state index < -0.39 is 17.2 Å². The van der Waals surface area contributed by atoms with Crippen molar-refractivity contribution in [3.05, 3.63) is 57.6 Å². The van der Waals surface area contributed by atoms with Crippen molar-refractivity contribution in [2.75, 3.05) is 0 Å². The minimum absolute atomic E-state index is 0.0516. The molecule has 0 saturated carbocycles. The summed E-state index contributed by atoms with van der Waals surface area (Å²) in [5.74, 6) is 5.51. The summed E-state index contributed by atoms with van der Waals surface area (Å²) in [7, 11) is 0. The number of nitrogens with one attached hydrogen (secondary N) is 1. The van der Waals surface area contributed by atoms with Crippen LogP contribution in [0.1, 0.15) is 74.4 Å². The van der Waals surface area contributed by atoms with Crippen LogP contribution in [0.2, 0.25) is 0 Å². The zero-order valence-electron chi connectivity index (χ0n) is 19.2. The van der Waals surface area contributed by atoms with E-state index in [-0.39, 0.29) is 34.4 Å². The Morgan fingerprint density at radius 2 is 1.97 bits per heavy atom. The van der Waals surface area contributed by atoms with E-state index in [1.165, 1.54) is 0 Å². The van der Waals surface area contributed by atoms with E-state index in [0.29, 0.717) is 17.7 Å². The van der Waals surface area contributed by atoms with Gasteiger partial charge in [0.25, 0.3) is 0 Å². The first kappa shape index (κ1) is 24.3. The maximum absolute atomic E-state index is 13.9. The number of unbranched alkanes of at least 4 members (excludes halogenated alkanes) is 3. The standard InChI is InChI=1S/C25H27F3N4O/c1-5-6-7-8-9-10-17-11-18(13-19(12-17)25(26,27)28)24(15(2)3)20(14-29)22(30)33-23-21(24)16(4)31-32-23/h11-13,15H,5-8,30H2,1-4H3,(H,31,32). The first-order chi connectivity index (χ1) is 15.6. The summed E-state index contributed by atoms with van der Waals surface area (Å²) in [5, 5.41) is 17.0. The van der Waals surface area contributed by atoms with Gasteiger partial charge in [0.05, 0.1) is 16.5 Å². The second kappa shape index (κ2) is 9.23. The Morgan fingerprint density at radius 3 is 2.58 bits per heavy atom. The monoisotopic (exact) mass is 456 g/mol. The lowest BCUT2D eigenvalue weighted by Gasteiger charge is -2.41. The van der Waals surface area contributed by atoms with E-state index >= 15 is 0 Å². The van der Waals surface area contributed by atoms with Gasteiger partial charge in [-0.05, 0) is 43.0 Å². The maximum atomic E-state index is 13.9. The molecule has 0 bridgehead atoms. The van der Waals surface area contributed by atoms with E-state index in [9.17, 15) is 18.4 Å². The van der Waals surface area contributed by atoms with E-state index in [0.717, 1.165) is 31.4 Å². The number of aromatic nitrogens is 2. The van der Waals surface area contributed by atoms with Crippen molar-refractivity contribution in [1.82, 2.24) is 10.2 Å². The first-order valence-electron chi connectivity index (χ1n) is 10.9. The maximum Gasteiger partial charge on any atom is 0.416 e. The number of fused-ring (bicyclic) bond motifs is 1. The van der Waals surface area contributed by atoms with Gasteiger partial charge in [0.15, 0.2) is 0 Å². The van der Waals surface area contributed by atoms with E-state index in [2.05, 4.69) is 35.0 Å². The van der Waals surface area contributed by atoms with Gasteiger partial charge < -0.3 is 10.5 Å². The van der Waals surface area contributed by atoms with Crippen molar-refractivity contribution in [3.8, 4) is 23.8 Å². The Kier molecular flexibility index (Phi) is 6.78. The average Bonchev–Trinajstić information content (AvgIpc) is 3.11. The van der Waals surface area contributed by atoms with Gasteiger partial charge in [0.2, 0.25) is 11.8 Å². The molecular formula is C25H27F3N4O. The van der Waals surface area contributed by atoms with Crippen LogP contribution >= 0.6 is 0 Å². The van der Waals surface area contributed by atoms with Gasteiger partial charge in [0.1, 0.15) is 11.6 Å². The number of alkyl halides is 3. The summed E-state index contributed by atoms with van der Waals surface area (Å²) in [6.45, 7) is 7.49. The fourth-order valence-corrected chi connectivity index (χ4v) is 4.48. The minimum atomic E-state index is -4.59. The number of hydrogen-bond donors (Lipinski definition) is 2. The predicted octanol–water partition coefficient (Wildman–Crippen LogP) is 5.70. The highest BCUT2D eigenvalue weighted by Crippen LogP contribution is 2.53. The van der Waals surface area contributed by atoms with Crippen LogP contribution in [0.4, 0.5) is 13.2 Å². The van der Waals surface area contributed by atoms with Crippen LogP contribution in [0.25, 0.3) is 0 Å². The van der Waals surface area contributed by atoms with Crippen LogP contribution in [-0.4, -0.2) is 10.2 Å². The van der Waals surface area contributed by atoms with Crippen molar-refractivity contribution in [2.24, 2.45) is 11.7 Å². The predicted molar refractivity (Wildman–Crippen MR) is 119 cm³/mol. The van der Waals surface area contributed by atoms with Crippen LogP contribution < -0.4 is 10.5 Å². The smallest absolute Gasteiger partial charge is 0.416 e. The number of nitrogens with zero attached hydrogens (tertiary/aromatic N) is 2. The molecule has 0 amide bonds. The number of hydrogen-bond acceptors (Lipinski definition) is 4. The minimum Gasteiger partial charge on any atom is -0.420 e. The summed E-state index contributed by atoms with van der Waals surface area (Å²) in [4.78, 5) is 0. The average molecular weight is 457 g/mol. The van der Waals surface area contributed by atoms with Crippen LogP contribution in [0.3, 0.4) is 0 Å². The fourth-order valence-electron chi connectivity index (χ4n) is 4.48. The van der Waals surface area contributed by atoms with Crippen molar-refractivity contribution in [2.45, 2.75) is 65.0 Å². The number of halogens is 3. The topological polar surface area (TPSA) is 87.7 Å². The number of nitrogens with two attached hydrogens (primary N) is 1. The molecule has 8 heteroatoms. The lowest BCUT2D eigenvalue weighted by Crippen LogP contribution is -2.41. The molecule has 0 saturated heterocycles. The SMILES string of the molecule is CCCCCC#Cc1cc(C(F)(F)F)cc(C2(C(C)C)C(C#N)=C(N)Oc3n[nH]c(C)c32)c1. The zero-order valence-corrected chi connectivity index (χ0v) is 19.2. The second-order valence-corrected chi connectivity index (χ2v) is 8.50. The molecule has 174 valence electrons. The molecule has 2 heterocycles. The van der Waals surface area contributed by atoms with Gasteiger partial charge in [0, 0.05) is 17.7 Å². The fraction of sp³-hybridized carbons (Fsp3) is 0.440. The third-order valence-electron chi connectivity index (χ3n) is 5.99. The Labute approximate surface area is 191 Å². The highest BCUT2D eigenvalue weighted by molar-refractivity contribution is 5.63. The molecule has 1 unspecified atom stereocenters. The molecule has 0 spiro atoms.